The summed E-state index contributed by atoms with van der Waals surface area (Å²) in [5, 5.41) is 0. The van der Waals surface area contributed by atoms with Gasteiger partial charge in [-0.2, -0.15) is 0 Å². The smallest absolute Gasteiger partial charge is 0.237 e. The van der Waals surface area contributed by atoms with Crippen LogP contribution >= 0.6 is 0 Å². The molecule has 1 saturated heterocycles. The van der Waals surface area contributed by atoms with E-state index in [9.17, 15) is 18.8 Å². The van der Waals surface area contributed by atoms with Crippen molar-refractivity contribution in [1.82, 2.24) is 0 Å². The van der Waals surface area contributed by atoms with Crippen LogP contribution in [0.25, 0.3) is 0 Å². The number of nitrogens with zero attached hydrogens (tertiary/aromatic N) is 1. The molecular weight excluding hydrogens is 361 g/mol. The van der Waals surface area contributed by atoms with Crippen LogP contribution in [0.5, 0.6) is 5.75 Å². The van der Waals surface area contributed by atoms with Crippen molar-refractivity contribution in [3.63, 3.8) is 0 Å². The Balaban J connectivity index is 1.54. The first-order chi connectivity index (χ1) is 13.6. The molecular formula is C22H20FNO4. The maximum atomic E-state index is 13.0. The highest BCUT2D eigenvalue weighted by molar-refractivity contribution is 6.22. The molecule has 5 nitrogen and oxygen atoms in total. The lowest BCUT2D eigenvalue weighted by Crippen LogP contribution is -2.31. The molecule has 0 N–H and O–H groups in total. The van der Waals surface area contributed by atoms with Crippen molar-refractivity contribution in [2.45, 2.75) is 25.7 Å². The highest BCUT2D eigenvalue weighted by Crippen LogP contribution is 2.42. The van der Waals surface area contributed by atoms with Crippen molar-refractivity contribution in [3.8, 4) is 5.75 Å². The number of halogens is 1. The van der Waals surface area contributed by atoms with Gasteiger partial charge < -0.3 is 4.74 Å². The van der Waals surface area contributed by atoms with E-state index in [1.54, 1.807) is 24.3 Å². The summed E-state index contributed by atoms with van der Waals surface area (Å²) in [7, 11) is 0. The second-order valence-electron chi connectivity index (χ2n) is 7.20. The van der Waals surface area contributed by atoms with E-state index in [0.29, 0.717) is 17.0 Å². The van der Waals surface area contributed by atoms with E-state index in [4.69, 9.17) is 4.74 Å². The van der Waals surface area contributed by atoms with E-state index in [-0.39, 0.29) is 36.0 Å². The highest BCUT2D eigenvalue weighted by atomic mass is 19.1. The third-order valence-corrected chi connectivity index (χ3v) is 5.47. The summed E-state index contributed by atoms with van der Waals surface area (Å²) in [5.74, 6) is -1.31. The summed E-state index contributed by atoms with van der Waals surface area (Å²) >= 11 is 0. The monoisotopic (exact) mass is 381 g/mol. The molecule has 4 rings (SSSR count). The van der Waals surface area contributed by atoms with Gasteiger partial charge in [-0.05, 0) is 49.2 Å². The molecule has 1 saturated carbocycles. The number of rotatable bonds is 5. The van der Waals surface area contributed by atoms with Gasteiger partial charge in [-0.1, -0.05) is 25.0 Å². The molecule has 0 unspecified atom stereocenters. The average Bonchev–Trinajstić information content (AvgIpc) is 2.97. The first-order valence-electron chi connectivity index (χ1n) is 9.44. The lowest BCUT2D eigenvalue weighted by atomic mass is 9.81. The number of ketones is 1. The summed E-state index contributed by atoms with van der Waals surface area (Å²) in [6.07, 6.45) is 3.38. The van der Waals surface area contributed by atoms with Crippen LogP contribution < -0.4 is 9.64 Å². The molecule has 0 bridgehead atoms. The van der Waals surface area contributed by atoms with Crippen molar-refractivity contribution in [1.29, 1.82) is 0 Å². The second-order valence-corrected chi connectivity index (χ2v) is 7.20. The summed E-state index contributed by atoms with van der Waals surface area (Å²) in [5.41, 5.74) is 0.706. The molecule has 28 heavy (non-hydrogen) atoms. The molecule has 0 aromatic heterocycles. The molecule has 2 amide bonds. The van der Waals surface area contributed by atoms with Crippen LogP contribution in [0.3, 0.4) is 0 Å². The summed E-state index contributed by atoms with van der Waals surface area (Å²) in [6, 6.07) is 12.0. The van der Waals surface area contributed by atoms with Crippen LogP contribution in [0, 0.1) is 17.7 Å². The quantitative estimate of drug-likeness (QED) is 0.584. The number of hydrogen-bond donors (Lipinski definition) is 0. The van der Waals surface area contributed by atoms with Crippen molar-refractivity contribution < 1.29 is 23.5 Å². The fourth-order valence-electron chi connectivity index (χ4n) is 4.03. The van der Waals surface area contributed by atoms with E-state index in [0.717, 1.165) is 25.7 Å². The van der Waals surface area contributed by atoms with Gasteiger partial charge in [0.1, 0.15) is 11.6 Å². The van der Waals surface area contributed by atoms with Crippen molar-refractivity contribution in [3.05, 3.63) is 59.9 Å². The van der Waals surface area contributed by atoms with Gasteiger partial charge in [0.15, 0.2) is 12.4 Å². The maximum absolute atomic E-state index is 13.0. The Kier molecular flexibility index (Phi) is 4.94. The molecule has 2 atom stereocenters. The predicted octanol–water partition coefficient (Wildman–Crippen LogP) is 3.77. The Hall–Kier alpha value is -3.02. The van der Waals surface area contributed by atoms with Crippen LogP contribution in [0.15, 0.2) is 48.5 Å². The number of imide groups is 1. The lowest BCUT2D eigenvalue weighted by Gasteiger charge is -2.19. The molecule has 1 aliphatic carbocycles. The highest BCUT2D eigenvalue weighted by Gasteiger charge is 2.49. The number of para-hydroxylation sites is 2. The van der Waals surface area contributed by atoms with Gasteiger partial charge in [0, 0.05) is 5.56 Å². The number of benzene rings is 2. The Morgan fingerprint density at radius 2 is 1.57 bits per heavy atom. The molecule has 2 aromatic rings. The number of carbonyl (C=O) groups is 3. The Morgan fingerprint density at radius 1 is 0.964 bits per heavy atom. The van der Waals surface area contributed by atoms with E-state index >= 15 is 0 Å². The fraction of sp³-hybridized carbons (Fsp3) is 0.318. The van der Waals surface area contributed by atoms with Crippen LogP contribution in [-0.4, -0.2) is 24.2 Å². The van der Waals surface area contributed by atoms with Gasteiger partial charge in [-0.15, -0.1) is 0 Å². The lowest BCUT2D eigenvalue weighted by molar-refractivity contribution is -0.122. The minimum Gasteiger partial charge on any atom is -0.483 e. The van der Waals surface area contributed by atoms with E-state index < -0.39 is 5.82 Å². The standard InChI is InChI=1S/C22H20FNO4/c23-15-11-9-14(10-12-15)19(25)13-28-20-8-4-3-7-18(20)24-21(26)16-5-1-2-6-17(16)22(24)27/h3-4,7-12,16-17H,1-2,5-6,13H2/t16-,17+. The molecule has 144 valence electrons. The zero-order chi connectivity index (χ0) is 19.7. The normalized spacial score (nSPS) is 21.5. The number of anilines is 1. The molecule has 2 aromatic carbocycles. The molecule has 2 aliphatic rings. The Bertz CT molecular complexity index is 900. The largest absolute Gasteiger partial charge is 0.483 e. The third kappa shape index (κ3) is 3.30. The van der Waals surface area contributed by atoms with Crippen LogP contribution in [0.2, 0.25) is 0 Å². The summed E-state index contributed by atoms with van der Waals surface area (Å²) in [6.45, 7) is -0.272. The van der Waals surface area contributed by atoms with E-state index in [1.807, 2.05) is 0 Å². The minimum atomic E-state index is -0.421. The van der Waals surface area contributed by atoms with Gasteiger partial charge in [0.25, 0.3) is 0 Å². The summed E-state index contributed by atoms with van der Waals surface area (Å²) in [4.78, 5) is 39.2. The van der Waals surface area contributed by atoms with Gasteiger partial charge in [-0.25, -0.2) is 9.29 Å². The zero-order valence-electron chi connectivity index (χ0n) is 15.3. The van der Waals surface area contributed by atoms with E-state index in [2.05, 4.69) is 0 Å². The van der Waals surface area contributed by atoms with Gasteiger partial charge in [0.2, 0.25) is 11.8 Å². The first-order valence-corrected chi connectivity index (χ1v) is 9.44. The Labute approximate surface area is 162 Å². The van der Waals surface area contributed by atoms with Gasteiger partial charge in [-0.3, -0.25) is 14.4 Å². The maximum Gasteiger partial charge on any atom is 0.237 e. The molecule has 1 aliphatic heterocycles. The van der Waals surface area contributed by atoms with Crippen LogP contribution in [-0.2, 0) is 9.59 Å². The first kappa shape index (κ1) is 18.3. The molecule has 1 heterocycles. The number of amides is 2. The van der Waals surface area contributed by atoms with E-state index in [1.165, 1.54) is 29.2 Å². The molecule has 6 heteroatoms. The van der Waals surface area contributed by atoms with Gasteiger partial charge >= 0.3 is 0 Å². The molecule has 2 fully saturated rings. The predicted molar refractivity (Wildman–Crippen MR) is 101 cm³/mol. The number of carbonyl (C=O) groups excluding carboxylic acids is 3. The molecule has 0 radical (unpaired) electrons. The topological polar surface area (TPSA) is 63.7 Å². The van der Waals surface area contributed by atoms with Crippen LogP contribution in [0.1, 0.15) is 36.0 Å². The minimum absolute atomic E-state index is 0.185. The SMILES string of the molecule is O=C(COc1ccccc1N1C(=O)[C@H]2CCCC[C@H]2C1=O)c1ccc(F)cc1. The van der Waals surface area contributed by atoms with Gasteiger partial charge in [0.05, 0.1) is 17.5 Å². The molecule has 0 spiro atoms. The zero-order valence-corrected chi connectivity index (χ0v) is 15.3. The number of ether oxygens (including phenoxy) is 1. The van der Waals surface area contributed by atoms with Crippen molar-refractivity contribution in [2.24, 2.45) is 11.8 Å². The van der Waals surface area contributed by atoms with Crippen molar-refractivity contribution in [2.75, 3.05) is 11.5 Å². The second kappa shape index (κ2) is 7.54. The Morgan fingerprint density at radius 3 is 2.21 bits per heavy atom. The summed E-state index contributed by atoms with van der Waals surface area (Å²) < 4.78 is 18.7. The number of hydrogen-bond acceptors (Lipinski definition) is 4. The van der Waals surface area contributed by atoms with Crippen molar-refractivity contribution >= 4 is 23.3 Å². The average molecular weight is 381 g/mol. The van der Waals surface area contributed by atoms with Crippen LogP contribution in [0.4, 0.5) is 10.1 Å². The fourth-order valence-corrected chi connectivity index (χ4v) is 4.03. The third-order valence-electron chi connectivity index (χ3n) is 5.47. The number of fused-ring (bicyclic) bond motifs is 1. The number of Topliss-reactive ketones (excluding diaryl/α,β-unsaturated/α-hetero) is 1.